The quantitative estimate of drug-likeness (QED) is 0.220. The summed E-state index contributed by atoms with van der Waals surface area (Å²) in [5.41, 5.74) is 4.80. The number of hydrogen-bond donors (Lipinski definition) is 3. The number of benzene rings is 1. The molecule has 0 radical (unpaired) electrons. The molecule has 0 spiro atoms. The maximum atomic E-state index is 13.5. The van der Waals surface area contributed by atoms with E-state index in [4.69, 9.17) is 24.3 Å². The molecule has 3 N–H and O–H groups in total. The Balaban J connectivity index is 1.74. The molecule has 37 heavy (non-hydrogen) atoms. The van der Waals surface area contributed by atoms with E-state index in [1.54, 1.807) is 19.1 Å². The monoisotopic (exact) mass is 517 g/mol. The minimum atomic E-state index is -1.28. The number of carbonyl (C=O) groups is 2. The summed E-state index contributed by atoms with van der Waals surface area (Å²) in [6, 6.07) is 7.25. The normalized spacial score (nSPS) is 22.2. The van der Waals surface area contributed by atoms with Crippen LogP contribution in [0.5, 0.6) is 5.75 Å². The van der Waals surface area contributed by atoms with E-state index in [-0.39, 0.29) is 31.3 Å². The second-order valence-corrected chi connectivity index (χ2v) is 11.0. The lowest BCUT2D eigenvalue weighted by Gasteiger charge is -2.29. The van der Waals surface area contributed by atoms with Gasteiger partial charge in [0.05, 0.1) is 6.61 Å². The number of aliphatic hydroxyl groups excluding tert-OH is 1. The molecule has 9 heteroatoms. The number of hydrogen-bond acceptors (Lipinski definition) is 8. The third-order valence-electron chi connectivity index (χ3n) is 6.78. The molecule has 1 amide bonds. The number of nitrogens with one attached hydrogen (secondary N) is 2. The van der Waals surface area contributed by atoms with E-state index in [1.807, 2.05) is 32.9 Å². The van der Waals surface area contributed by atoms with E-state index in [2.05, 4.69) is 10.9 Å². The number of nitrogens with zero attached hydrogens (tertiary/aromatic N) is 1. The predicted molar refractivity (Wildman–Crippen MR) is 141 cm³/mol. The maximum absolute atomic E-state index is 13.5. The molecule has 3 rings (SSSR count). The van der Waals surface area contributed by atoms with Crippen molar-refractivity contribution < 1.29 is 28.9 Å². The zero-order valence-corrected chi connectivity index (χ0v) is 22.7. The number of aliphatic hydroxyl groups is 1. The van der Waals surface area contributed by atoms with Crippen molar-refractivity contribution in [3.8, 4) is 5.75 Å². The summed E-state index contributed by atoms with van der Waals surface area (Å²) in [5, 5.41) is 8.93. The molecule has 1 aliphatic carbocycles. The van der Waals surface area contributed by atoms with Gasteiger partial charge in [0, 0.05) is 31.6 Å². The lowest BCUT2D eigenvalue weighted by molar-refractivity contribution is -0.155. The van der Waals surface area contributed by atoms with Crippen LogP contribution in [0, 0.1) is 5.92 Å². The van der Waals surface area contributed by atoms with Crippen LogP contribution in [0.15, 0.2) is 29.3 Å². The van der Waals surface area contributed by atoms with Gasteiger partial charge in [-0.25, -0.2) is 10.4 Å². The van der Waals surface area contributed by atoms with Crippen LogP contribution in [-0.2, 0) is 19.1 Å². The fourth-order valence-electron chi connectivity index (χ4n) is 4.71. The Labute approximate surface area is 220 Å². The molecule has 1 aliphatic heterocycles. The van der Waals surface area contributed by atoms with Gasteiger partial charge in [0.2, 0.25) is 5.90 Å². The molecule has 1 aromatic rings. The van der Waals surface area contributed by atoms with Gasteiger partial charge < -0.3 is 19.3 Å². The number of amides is 1. The molecule has 1 saturated carbocycles. The first-order valence-electron chi connectivity index (χ1n) is 13.5. The van der Waals surface area contributed by atoms with Crippen molar-refractivity contribution in [2.75, 3.05) is 19.8 Å². The third-order valence-corrected chi connectivity index (χ3v) is 6.78. The molecule has 0 bridgehead atoms. The molecule has 1 aromatic carbocycles. The lowest BCUT2D eigenvalue weighted by Crippen LogP contribution is -2.55. The SMILES string of the molecule is C[C@@H]1OC(c2ccc(OCCCO)cc2)=N[C@]1(CCC(=O)OC(C)(C)C)C(=O)NNCC1CCCCC1. The summed E-state index contributed by atoms with van der Waals surface area (Å²) in [7, 11) is 0. The van der Waals surface area contributed by atoms with E-state index in [9.17, 15) is 9.59 Å². The third kappa shape index (κ3) is 8.43. The van der Waals surface area contributed by atoms with Gasteiger partial charge in [0.25, 0.3) is 5.91 Å². The van der Waals surface area contributed by atoms with E-state index < -0.39 is 17.2 Å². The summed E-state index contributed by atoms with van der Waals surface area (Å²) >= 11 is 0. The van der Waals surface area contributed by atoms with Crippen LogP contribution in [0.4, 0.5) is 0 Å². The average Bonchev–Trinajstić information content (AvgIpc) is 3.20. The minimum Gasteiger partial charge on any atom is -0.494 e. The van der Waals surface area contributed by atoms with E-state index in [0.29, 0.717) is 42.7 Å². The van der Waals surface area contributed by atoms with Gasteiger partial charge in [-0.2, -0.15) is 0 Å². The fourth-order valence-corrected chi connectivity index (χ4v) is 4.71. The second-order valence-electron chi connectivity index (χ2n) is 11.0. The van der Waals surface area contributed by atoms with Crippen molar-refractivity contribution in [1.29, 1.82) is 0 Å². The zero-order chi connectivity index (χ0) is 26.9. The van der Waals surface area contributed by atoms with Gasteiger partial charge in [0.1, 0.15) is 17.5 Å². The number of rotatable bonds is 12. The molecule has 2 atom stereocenters. The fraction of sp³-hybridized carbons (Fsp3) is 0.679. The standard InChI is InChI=1S/C28H43N3O6/c1-20-28(16-15-24(33)37-27(2,3)4,26(34)31-29-19-21-9-6-5-7-10-21)30-25(36-20)22-11-13-23(14-12-22)35-18-8-17-32/h11-14,20-21,29,32H,5-10,15-19H2,1-4H3,(H,31,34)/t20-,28-/m0/s1. The Morgan fingerprint density at radius 2 is 1.86 bits per heavy atom. The van der Waals surface area contributed by atoms with Crippen LogP contribution < -0.4 is 15.6 Å². The summed E-state index contributed by atoms with van der Waals surface area (Å²) in [6.07, 6.45) is 6.22. The molecule has 1 fully saturated rings. The molecule has 9 nitrogen and oxygen atoms in total. The molecule has 0 aromatic heterocycles. The molecular weight excluding hydrogens is 474 g/mol. The van der Waals surface area contributed by atoms with E-state index in [1.165, 1.54) is 19.3 Å². The summed E-state index contributed by atoms with van der Waals surface area (Å²) in [6.45, 7) is 8.46. The first-order valence-corrected chi connectivity index (χ1v) is 13.5. The topological polar surface area (TPSA) is 118 Å². The van der Waals surface area contributed by atoms with E-state index in [0.717, 1.165) is 12.8 Å². The smallest absolute Gasteiger partial charge is 0.306 e. The molecule has 0 saturated heterocycles. The van der Waals surface area contributed by atoms with Crippen molar-refractivity contribution in [3.05, 3.63) is 29.8 Å². The Bertz CT molecular complexity index is 921. The highest BCUT2D eigenvalue weighted by Crippen LogP contribution is 2.34. The van der Waals surface area contributed by atoms with Crippen LogP contribution in [0.1, 0.15) is 84.6 Å². The number of carbonyl (C=O) groups excluding carboxylic acids is 2. The van der Waals surface area contributed by atoms with Crippen LogP contribution in [0.25, 0.3) is 0 Å². The van der Waals surface area contributed by atoms with Gasteiger partial charge >= 0.3 is 5.97 Å². The Kier molecular flexibility index (Phi) is 10.3. The van der Waals surface area contributed by atoms with Crippen molar-refractivity contribution in [3.63, 3.8) is 0 Å². The minimum absolute atomic E-state index is 0.0371. The zero-order valence-electron chi connectivity index (χ0n) is 22.7. The Hall–Kier alpha value is -2.65. The van der Waals surface area contributed by atoms with Crippen molar-refractivity contribution in [2.45, 2.75) is 96.3 Å². The van der Waals surface area contributed by atoms with Gasteiger partial charge in [-0.1, -0.05) is 19.3 Å². The molecule has 206 valence electrons. The average molecular weight is 518 g/mol. The Morgan fingerprint density at radius 1 is 1.16 bits per heavy atom. The van der Waals surface area contributed by atoms with Gasteiger partial charge in [-0.15, -0.1) is 0 Å². The second kappa shape index (κ2) is 13.2. The Morgan fingerprint density at radius 3 is 2.51 bits per heavy atom. The highest BCUT2D eigenvalue weighted by Gasteiger charge is 2.50. The van der Waals surface area contributed by atoms with Gasteiger partial charge in [-0.3, -0.25) is 15.0 Å². The van der Waals surface area contributed by atoms with Gasteiger partial charge in [-0.05, 0) is 77.1 Å². The highest BCUT2D eigenvalue weighted by atomic mass is 16.6. The molecule has 2 aliphatic rings. The van der Waals surface area contributed by atoms with Crippen LogP contribution in [0.3, 0.4) is 0 Å². The molecule has 1 heterocycles. The van der Waals surface area contributed by atoms with Crippen molar-refractivity contribution in [2.24, 2.45) is 10.9 Å². The van der Waals surface area contributed by atoms with Crippen molar-refractivity contribution >= 4 is 17.8 Å². The summed E-state index contributed by atoms with van der Waals surface area (Å²) in [5.74, 6) is 0.861. The first-order chi connectivity index (χ1) is 17.6. The number of esters is 1. The van der Waals surface area contributed by atoms with Crippen LogP contribution in [0.2, 0.25) is 0 Å². The number of hydrazine groups is 1. The highest BCUT2D eigenvalue weighted by molar-refractivity contribution is 6.00. The predicted octanol–water partition coefficient (Wildman–Crippen LogP) is 3.67. The van der Waals surface area contributed by atoms with Crippen LogP contribution in [-0.4, -0.2) is 59.9 Å². The molecular formula is C28H43N3O6. The number of aliphatic imine (C=N–C) groups is 1. The van der Waals surface area contributed by atoms with Gasteiger partial charge in [0.15, 0.2) is 5.54 Å². The molecule has 0 unspecified atom stereocenters. The summed E-state index contributed by atoms with van der Waals surface area (Å²) < 4.78 is 17.2. The van der Waals surface area contributed by atoms with Crippen molar-refractivity contribution in [1.82, 2.24) is 10.9 Å². The first kappa shape index (κ1) is 28.9. The largest absolute Gasteiger partial charge is 0.494 e. The van der Waals surface area contributed by atoms with E-state index >= 15 is 0 Å². The van der Waals surface area contributed by atoms with Crippen LogP contribution >= 0.6 is 0 Å². The summed E-state index contributed by atoms with van der Waals surface area (Å²) in [4.78, 5) is 30.8. The lowest BCUT2D eigenvalue weighted by atomic mass is 9.88. The maximum Gasteiger partial charge on any atom is 0.306 e. The number of ether oxygens (including phenoxy) is 3.